The number of ether oxygens (including phenoxy) is 1. The zero-order valence-corrected chi connectivity index (χ0v) is 20.7. The highest BCUT2D eigenvalue weighted by Gasteiger charge is 2.29. The van der Waals surface area contributed by atoms with Gasteiger partial charge in [0.2, 0.25) is 0 Å². The van der Waals surface area contributed by atoms with Crippen LogP contribution in [0.1, 0.15) is 41.7 Å². The molecule has 1 fully saturated rings. The van der Waals surface area contributed by atoms with E-state index in [0.29, 0.717) is 42.8 Å². The first kappa shape index (κ1) is 24.4. The number of likely N-dealkylation sites (tertiary alicyclic amines) is 1. The molecule has 1 aromatic carbocycles. The van der Waals surface area contributed by atoms with Crippen LogP contribution in [0.4, 0.5) is 5.82 Å². The Morgan fingerprint density at radius 2 is 1.84 bits per heavy atom. The van der Waals surface area contributed by atoms with E-state index in [0.717, 1.165) is 34.4 Å². The fourth-order valence-electron chi connectivity index (χ4n) is 4.80. The standard InChI is InChI=1S/C27H28N6O4/c1-16(35)27(36)32-11-9-18(10-12-32)24-22(15-34)25(28)33-26(31-24)21(14-30-33)19-5-8-23(29-13-19)17-3-6-20(37-2)7-4-17/h3-8,13-16,18,35H,9-12,28H2,1-2H3/t16-/m1/s1. The van der Waals surface area contributed by atoms with E-state index in [-0.39, 0.29) is 17.6 Å². The molecule has 4 aromatic rings. The van der Waals surface area contributed by atoms with Crippen molar-refractivity contribution in [3.05, 3.63) is 60.0 Å². The monoisotopic (exact) mass is 500 g/mol. The number of hydrogen-bond donors (Lipinski definition) is 2. The lowest BCUT2D eigenvalue weighted by molar-refractivity contribution is -0.140. The van der Waals surface area contributed by atoms with Crippen molar-refractivity contribution in [1.29, 1.82) is 0 Å². The SMILES string of the molecule is COc1ccc(-c2ccc(-c3cnn4c(N)c(C=O)c(C5CCN(C(=O)[C@@H](C)O)CC5)nc34)cn2)cc1. The summed E-state index contributed by atoms with van der Waals surface area (Å²) in [6, 6.07) is 11.6. The van der Waals surface area contributed by atoms with Gasteiger partial charge in [0.1, 0.15) is 17.7 Å². The summed E-state index contributed by atoms with van der Waals surface area (Å²) in [4.78, 5) is 35.3. The van der Waals surface area contributed by atoms with Crippen molar-refractivity contribution in [3.63, 3.8) is 0 Å². The van der Waals surface area contributed by atoms with E-state index < -0.39 is 6.10 Å². The van der Waals surface area contributed by atoms with Crippen LogP contribution < -0.4 is 10.5 Å². The molecule has 1 amide bonds. The Hall–Kier alpha value is -4.31. The molecular weight excluding hydrogens is 472 g/mol. The third-order valence-corrected chi connectivity index (χ3v) is 6.88. The van der Waals surface area contributed by atoms with E-state index in [9.17, 15) is 14.7 Å². The van der Waals surface area contributed by atoms with Crippen LogP contribution in [0.25, 0.3) is 28.0 Å². The number of carbonyl (C=O) groups is 2. The second-order valence-electron chi connectivity index (χ2n) is 9.14. The molecule has 1 aliphatic rings. The number of fused-ring (bicyclic) bond motifs is 1. The maximum absolute atomic E-state index is 12.2. The van der Waals surface area contributed by atoms with Crippen molar-refractivity contribution >= 4 is 23.7 Å². The minimum Gasteiger partial charge on any atom is -0.497 e. The van der Waals surface area contributed by atoms with Gasteiger partial charge in [-0.25, -0.2) is 4.98 Å². The van der Waals surface area contributed by atoms with Gasteiger partial charge in [0.15, 0.2) is 11.9 Å². The lowest BCUT2D eigenvalue weighted by Gasteiger charge is -2.33. The molecule has 1 saturated heterocycles. The minimum absolute atomic E-state index is 0.0520. The number of rotatable bonds is 6. The van der Waals surface area contributed by atoms with E-state index in [2.05, 4.69) is 10.1 Å². The van der Waals surface area contributed by atoms with Crippen molar-refractivity contribution in [2.24, 2.45) is 0 Å². The fourth-order valence-corrected chi connectivity index (χ4v) is 4.80. The summed E-state index contributed by atoms with van der Waals surface area (Å²) in [6.07, 6.45) is 4.35. The van der Waals surface area contributed by atoms with Crippen LogP contribution in [-0.2, 0) is 4.79 Å². The molecular formula is C27H28N6O4. The maximum atomic E-state index is 12.2. The van der Waals surface area contributed by atoms with Crippen molar-refractivity contribution in [2.45, 2.75) is 31.8 Å². The van der Waals surface area contributed by atoms with Crippen molar-refractivity contribution in [2.75, 3.05) is 25.9 Å². The summed E-state index contributed by atoms with van der Waals surface area (Å²) in [6.45, 7) is 2.42. The molecule has 0 bridgehead atoms. The quantitative estimate of drug-likeness (QED) is 0.386. The Morgan fingerprint density at radius 1 is 1.14 bits per heavy atom. The predicted octanol–water partition coefficient (Wildman–Crippen LogP) is 2.95. The fraction of sp³-hybridized carbons (Fsp3) is 0.296. The average Bonchev–Trinajstić information content (AvgIpc) is 3.37. The van der Waals surface area contributed by atoms with E-state index in [4.69, 9.17) is 15.5 Å². The summed E-state index contributed by atoms with van der Waals surface area (Å²) in [7, 11) is 1.63. The molecule has 37 heavy (non-hydrogen) atoms. The topological polar surface area (TPSA) is 136 Å². The molecule has 0 spiro atoms. The summed E-state index contributed by atoms with van der Waals surface area (Å²) in [5.41, 5.74) is 11.2. The number of piperidine rings is 1. The molecule has 0 unspecified atom stereocenters. The van der Waals surface area contributed by atoms with E-state index >= 15 is 0 Å². The molecule has 0 radical (unpaired) electrons. The van der Waals surface area contributed by atoms with Crippen LogP contribution >= 0.6 is 0 Å². The number of nitrogens with zero attached hydrogens (tertiary/aromatic N) is 5. The molecule has 3 N–H and O–H groups in total. The first-order chi connectivity index (χ1) is 17.9. The molecule has 1 atom stereocenters. The van der Waals surface area contributed by atoms with E-state index in [1.54, 1.807) is 24.4 Å². The summed E-state index contributed by atoms with van der Waals surface area (Å²) >= 11 is 0. The molecule has 10 heteroatoms. The van der Waals surface area contributed by atoms with Gasteiger partial charge < -0.3 is 20.5 Å². The number of aromatic nitrogens is 4. The minimum atomic E-state index is -1.04. The Morgan fingerprint density at radius 3 is 2.43 bits per heavy atom. The van der Waals surface area contributed by atoms with E-state index in [1.165, 1.54) is 11.4 Å². The largest absolute Gasteiger partial charge is 0.497 e. The molecule has 3 aromatic heterocycles. The van der Waals surface area contributed by atoms with Gasteiger partial charge in [0.05, 0.1) is 30.3 Å². The van der Waals surface area contributed by atoms with Crippen LogP contribution in [0.5, 0.6) is 5.75 Å². The Bertz CT molecular complexity index is 1440. The Labute approximate surface area is 213 Å². The molecule has 5 rings (SSSR count). The third-order valence-electron chi connectivity index (χ3n) is 6.88. The lowest BCUT2D eigenvalue weighted by Crippen LogP contribution is -2.42. The first-order valence-electron chi connectivity index (χ1n) is 12.1. The van der Waals surface area contributed by atoms with Crippen molar-refractivity contribution in [1.82, 2.24) is 24.5 Å². The van der Waals surface area contributed by atoms with Gasteiger partial charge in [0, 0.05) is 41.9 Å². The molecule has 10 nitrogen and oxygen atoms in total. The summed E-state index contributed by atoms with van der Waals surface area (Å²) in [5.74, 6) is 0.664. The zero-order chi connectivity index (χ0) is 26.1. The highest BCUT2D eigenvalue weighted by Crippen LogP contribution is 2.34. The van der Waals surface area contributed by atoms with Gasteiger partial charge >= 0.3 is 0 Å². The van der Waals surface area contributed by atoms with Gasteiger partial charge in [-0.2, -0.15) is 9.61 Å². The number of carbonyl (C=O) groups excluding carboxylic acids is 2. The van der Waals surface area contributed by atoms with Gasteiger partial charge in [0.25, 0.3) is 5.91 Å². The first-order valence-corrected chi connectivity index (χ1v) is 12.1. The number of nitrogen functional groups attached to an aromatic ring is 1. The van der Waals surface area contributed by atoms with Crippen molar-refractivity contribution in [3.8, 4) is 28.1 Å². The highest BCUT2D eigenvalue weighted by atomic mass is 16.5. The molecule has 1 aliphatic heterocycles. The number of nitrogens with two attached hydrogens (primary N) is 1. The van der Waals surface area contributed by atoms with Crippen LogP contribution in [0.15, 0.2) is 48.8 Å². The second kappa shape index (κ2) is 9.98. The summed E-state index contributed by atoms with van der Waals surface area (Å²) < 4.78 is 6.70. The average molecular weight is 501 g/mol. The van der Waals surface area contributed by atoms with Gasteiger partial charge in [-0.05, 0) is 50.1 Å². The molecule has 4 heterocycles. The van der Waals surface area contributed by atoms with Crippen LogP contribution in [0, 0.1) is 0 Å². The predicted molar refractivity (Wildman–Crippen MR) is 138 cm³/mol. The normalized spacial score (nSPS) is 15.1. The van der Waals surface area contributed by atoms with Crippen molar-refractivity contribution < 1.29 is 19.4 Å². The van der Waals surface area contributed by atoms with Gasteiger partial charge in [-0.15, -0.1) is 0 Å². The molecule has 190 valence electrons. The molecule has 0 aliphatic carbocycles. The number of amides is 1. The Kier molecular flexibility index (Phi) is 6.58. The summed E-state index contributed by atoms with van der Waals surface area (Å²) in [5, 5.41) is 14.0. The molecule has 0 saturated carbocycles. The third kappa shape index (κ3) is 4.51. The van der Waals surface area contributed by atoms with E-state index in [1.807, 2.05) is 36.4 Å². The van der Waals surface area contributed by atoms with Gasteiger partial charge in [-0.3, -0.25) is 14.6 Å². The second-order valence-corrected chi connectivity index (χ2v) is 9.14. The number of aldehydes is 1. The maximum Gasteiger partial charge on any atom is 0.251 e. The smallest absolute Gasteiger partial charge is 0.251 e. The van der Waals surface area contributed by atoms with Crippen LogP contribution in [0.3, 0.4) is 0 Å². The van der Waals surface area contributed by atoms with Crippen LogP contribution in [0.2, 0.25) is 0 Å². The number of benzene rings is 1. The number of anilines is 1. The lowest BCUT2D eigenvalue weighted by atomic mass is 9.90. The number of aliphatic hydroxyl groups is 1. The zero-order valence-electron chi connectivity index (χ0n) is 20.7. The number of aliphatic hydroxyl groups excluding tert-OH is 1. The number of pyridine rings is 1. The van der Waals surface area contributed by atoms with Crippen LogP contribution in [-0.4, -0.2) is 68.1 Å². The number of hydrogen-bond acceptors (Lipinski definition) is 8. The van der Waals surface area contributed by atoms with Gasteiger partial charge in [-0.1, -0.05) is 6.07 Å². The Balaban J connectivity index is 1.47. The highest BCUT2D eigenvalue weighted by molar-refractivity contribution is 5.87. The number of methoxy groups -OCH3 is 1.